The summed E-state index contributed by atoms with van der Waals surface area (Å²) in [6, 6.07) is 4.44. The second kappa shape index (κ2) is 8.29. The van der Waals surface area contributed by atoms with Gasteiger partial charge in [-0.1, -0.05) is 6.07 Å². The van der Waals surface area contributed by atoms with Crippen LogP contribution in [0, 0.1) is 5.92 Å². The Morgan fingerprint density at radius 2 is 1.95 bits per heavy atom. The monoisotopic (exact) mass is 323 g/mol. The van der Waals surface area contributed by atoms with Crippen LogP contribution in [0.15, 0.2) is 17.5 Å². The van der Waals surface area contributed by atoms with Gasteiger partial charge in [0, 0.05) is 17.5 Å². The first kappa shape index (κ1) is 17.0. The minimum absolute atomic E-state index is 0.413. The van der Waals surface area contributed by atoms with Crippen LogP contribution in [-0.2, 0) is 16.1 Å². The Balaban J connectivity index is 1.64. The number of hydrogen-bond acceptors (Lipinski definition) is 4. The number of carbonyl (C=O) groups excluding carboxylic acids is 2. The van der Waals surface area contributed by atoms with Gasteiger partial charge in [0.15, 0.2) is 0 Å². The molecule has 1 aliphatic rings. The zero-order valence-corrected chi connectivity index (χ0v) is 14.1. The predicted octanol–water partition coefficient (Wildman–Crippen LogP) is 1.60. The number of amides is 2. The molecule has 0 spiro atoms. The summed E-state index contributed by atoms with van der Waals surface area (Å²) in [7, 11) is 0. The highest BCUT2D eigenvalue weighted by Gasteiger charge is 2.22. The molecule has 1 aromatic heterocycles. The van der Waals surface area contributed by atoms with Gasteiger partial charge in [0.05, 0.1) is 6.54 Å². The van der Waals surface area contributed by atoms with Gasteiger partial charge < -0.3 is 15.5 Å². The highest BCUT2D eigenvalue weighted by molar-refractivity contribution is 7.09. The lowest BCUT2D eigenvalue weighted by atomic mass is 9.96. The van der Waals surface area contributed by atoms with Gasteiger partial charge in [-0.15, -0.1) is 11.3 Å². The third-order valence-corrected chi connectivity index (χ3v) is 5.02. The number of likely N-dealkylation sites (tertiary alicyclic amines) is 1. The SMILES string of the molecule is CC(C)N1CCC(CNC(=O)C(=O)NCc2cccs2)CC1. The van der Waals surface area contributed by atoms with Crippen molar-refractivity contribution in [1.82, 2.24) is 15.5 Å². The van der Waals surface area contributed by atoms with Crippen molar-refractivity contribution in [3.8, 4) is 0 Å². The van der Waals surface area contributed by atoms with Crippen molar-refractivity contribution in [1.29, 1.82) is 0 Å². The van der Waals surface area contributed by atoms with E-state index in [0.717, 1.165) is 30.8 Å². The second-order valence-electron chi connectivity index (χ2n) is 6.05. The smallest absolute Gasteiger partial charge is 0.309 e. The number of nitrogens with one attached hydrogen (secondary N) is 2. The molecule has 0 saturated carbocycles. The summed E-state index contributed by atoms with van der Waals surface area (Å²) in [5.41, 5.74) is 0. The van der Waals surface area contributed by atoms with Gasteiger partial charge in [0.2, 0.25) is 0 Å². The van der Waals surface area contributed by atoms with Crippen molar-refractivity contribution in [2.45, 2.75) is 39.3 Å². The Labute approximate surface area is 136 Å². The van der Waals surface area contributed by atoms with Crippen molar-refractivity contribution >= 4 is 23.2 Å². The molecule has 5 nitrogen and oxygen atoms in total. The van der Waals surface area contributed by atoms with Crippen molar-refractivity contribution in [3.63, 3.8) is 0 Å². The van der Waals surface area contributed by atoms with Crippen molar-refractivity contribution in [2.24, 2.45) is 5.92 Å². The Kier molecular flexibility index (Phi) is 6.39. The first-order chi connectivity index (χ1) is 10.6. The molecule has 2 N–H and O–H groups in total. The molecule has 2 amide bonds. The van der Waals surface area contributed by atoms with E-state index in [9.17, 15) is 9.59 Å². The molecular formula is C16H25N3O2S. The summed E-state index contributed by atoms with van der Waals surface area (Å²) in [6.07, 6.45) is 2.16. The highest BCUT2D eigenvalue weighted by Crippen LogP contribution is 2.18. The number of carbonyl (C=O) groups is 2. The van der Waals surface area contributed by atoms with Crippen LogP contribution in [0.25, 0.3) is 0 Å². The quantitative estimate of drug-likeness (QED) is 0.809. The third-order valence-electron chi connectivity index (χ3n) is 4.14. The van der Waals surface area contributed by atoms with Gasteiger partial charge in [0.1, 0.15) is 0 Å². The number of rotatable bonds is 5. The van der Waals surface area contributed by atoms with Gasteiger partial charge in [0.25, 0.3) is 0 Å². The van der Waals surface area contributed by atoms with Crippen LogP contribution in [0.1, 0.15) is 31.6 Å². The number of nitrogens with zero attached hydrogens (tertiary/aromatic N) is 1. The molecule has 0 unspecified atom stereocenters. The average Bonchev–Trinajstić information content (AvgIpc) is 3.04. The standard InChI is InChI=1S/C16H25N3O2S/c1-12(2)19-7-5-13(6-8-19)10-17-15(20)16(21)18-11-14-4-3-9-22-14/h3-4,9,12-13H,5-8,10-11H2,1-2H3,(H,17,20)(H,18,21). The van der Waals surface area contributed by atoms with Crippen molar-refractivity contribution in [3.05, 3.63) is 22.4 Å². The Bertz CT molecular complexity index is 480. The van der Waals surface area contributed by atoms with Gasteiger partial charge in [-0.05, 0) is 57.1 Å². The first-order valence-corrected chi connectivity index (χ1v) is 8.76. The van der Waals surface area contributed by atoms with Crippen LogP contribution in [-0.4, -0.2) is 42.4 Å². The van der Waals surface area contributed by atoms with E-state index in [-0.39, 0.29) is 0 Å². The summed E-state index contributed by atoms with van der Waals surface area (Å²) in [5.74, 6) is -0.597. The van der Waals surface area contributed by atoms with Crippen LogP contribution >= 0.6 is 11.3 Å². The van der Waals surface area contributed by atoms with Gasteiger partial charge in [-0.25, -0.2) is 0 Å². The number of piperidine rings is 1. The lowest BCUT2D eigenvalue weighted by molar-refractivity contribution is -0.139. The molecule has 2 heterocycles. The van der Waals surface area contributed by atoms with Crippen LogP contribution < -0.4 is 10.6 Å². The molecular weight excluding hydrogens is 298 g/mol. The molecule has 122 valence electrons. The summed E-state index contributed by atoms with van der Waals surface area (Å²) in [4.78, 5) is 27.0. The molecule has 0 aliphatic carbocycles. The van der Waals surface area contributed by atoms with Crippen molar-refractivity contribution in [2.75, 3.05) is 19.6 Å². The van der Waals surface area contributed by atoms with E-state index in [2.05, 4.69) is 29.4 Å². The predicted molar refractivity (Wildman–Crippen MR) is 88.6 cm³/mol. The normalized spacial score (nSPS) is 16.7. The zero-order valence-electron chi connectivity index (χ0n) is 13.3. The summed E-state index contributed by atoms with van der Waals surface area (Å²) in [5, 5.41) is 7.36. The van der Waals surface area contributed by atoms with Gasteiger partial charge >= 0.3 is 11.8 Å². The van der Waals surface area contributed by atoms with E-state index in [1.165, 1.54) is 0 Å². The van der Waals surface area contributed by atoms with E-state index >= 15 is 0 Å². The van der Waals surface area contributed by atoms with E-state index in [1.54, 1.807) is 11.3 Å². The van der Waals surface area contributed by atoms with Crippen LogP contribution in [0.4, 0.5) is 0 Å². The molecule has 1 aromatic rings. The van der Waals surface area contributed by atoms with Gasteiger partial charge in [-0.2, -0.15) is 0 Å². The lowest BCUT2D eigenvalue weighted by Crippen LogP contribution is -2.44. The molecule has 1 fully saturated rings. The summed E-state index contributed by atoms with van der Waals surface area (Å²) >= 11 is 1.56. The molecule has 6 heteroatoms. The second-order valence-corrected chi connectivity index (χ2v) is 7.08. The molecule has 1 saturated heterocycles. The maximum atomic E-state index is 11.8. The first-order valence-electron chi connectivity index (χ1n) is 7.88. The molecule has 2 rings (SSSR count). The summed E-state index contributed by atoms with van der Waals surface area (Å²) < 4.78 is 0. The van der Waals surface area contributed by atoms with E-state index in [4.69, 9.17) is 0 Å². The Morgan fingerprint density at radius 1 is 1.27 bits per heavy atom. The lowest BCUT2D eigenvalue weighted by Gasteiger charge is -2.34. The molecule has 0 atom stereocenters. The maximum Gasteiger partial charge on any atom is 0.309 e. The number of thiophene rings is 1. The molecule has 0 radical (unpaired) electrons. The Hall–Kier alpha value is -1.40. The molecule has 0 bridgehead atoms. The minimum atomic E-state index is -0.548. The fourth-order valence-electron chi connectivity index (χ4n) is 2.65. The molecule has 0 aromatic carbocycles. The van der Waals surface area contributed by atoms with Crippen LogP contribution in [0.2, 0.25) is 0 Å². The summed E-state index contributed by atoms with van der Waals surface area (Å²) in [6.45, 7) is 7.57. The molecule has 22 heavy (non-hydrogen) atoms. The van der Waals surface area contributed by atoms with Gasteiger partial charge in [-0.3, -0.25) is 9.59 Å². The van der Waals surface area contributed by atoms with E-state index in [0.29, 0.717) is 25.0 Å². The van der Waals surface area contributed by atoms with Crippen molar-refractivity contribution < 1.29 is 9.59 Å². The van der Waals surface area contributed by atoms with E-state index in [1.807, 2.05) is 17.5 Å². The third kappa shape index (κ3) is 5.10. The highest BCUT2D eigenvalue weighted by atomic mass is 32.1. The largest absolute Gasteiger partial charge is 0.348 e. The Morgan fingerprint density at radius 3 is 2.55 bits per heavy atom. The maximum absolute atomic E-state index is 11.8. The molecule has 1 aliphatic heterocycles. The average molecular weight is 323 g/mol. The van der Waals surface area contributed by atoms with E-state index < -0.39 is 11.8 Å². The minimum Gasteiger partial charge on any atom is -0.348 e. The van der Waals surface area contributed by atoms with Crippen LogP contribution in [0.5, 0.6) is 0 Å². The fraction of sp³-hybridized carbons (Fsp3) is 0.625. The fourth-order valence-corrected chi connectivity index (χ4v) is 3.30. The van der Waals surface area contributed by atoms with Crippen LogP contribution in [0.3, 0.4) is 0 Å². The number of hydrogen-bond donors (Lipinski definition) is 2. The topological polar surface area (TPSA) is 61.4 Å². The zero-order chi connectivity index (χ0) is 15.9.